The molecule has 2 unspecified atom stereocenters. The molecule has 6 heteroatoms. The SMILES string of the molecule is Cc1ccc2c([nH]c3cc4c(cc32)[Se]c2cccc3c2B4C2C=COC2[Se]3)c1-c1cccc[n+]1C. The Morgan fingerprint density at radius 2 is 1.89 bits per heavy atom. The minimum atomic E-state index is 0.319. The Bertz CT molecular complexity index is 1740. The molecule has 1 N–H and O–H groups in total. The molecule has 3 aliphatic heterocycles. The van der Waals surface area contributed by atoms with Crippen LogP contribution in [0.5, 0.6) is 0 Å². The number of hydrogen-bond acceptors (Lipinski definition) is 1. The van der Waals surface area contributed by atoms with Crippen LogP contribution in [0.4, 0.5) is 0 Å². The number of pyridine rings is 1. The number of aromatic amines is 1. The molecule has 3 nitrogen and oxygen atoms in total. The van der Waals surface area contributed by atoms with Crippen molar-refractivity contribution in [3.8, 4) is 11.3 Å². The second-order valence-electron chi connectivity index (χ2n) is 9.71. The van der Waals surface area contributed by atoms with E-state index in [0.29, 0.717) is 47.4 Å². The van der Waals surface area contributed by atoms with Crippen molar-refractivity contribution in [3.63, 3.8) is 0 Å². The van der Waals surface area contributed by atoms with Gasteiger partial charge in [-0.05, 0) is 0 Å². The average Bonchev–Trinajstić information content (AvgIpc) is 3.47. The summed E-state index contributed by atoms with van der Waals surface area (Å²) in [6.07, 6.45) is 6.41. The van der Waals surface area contributed by atoms with Crippen LogP contribution in [0.15, 0.2) is 79.2 Å². The van der Waals surface area contributed by atoms with Crippen molar-refractivity contribution < 1.29 is 9.30 Å². The van der Waals surface area contributed by atoms with Crippen molar-refractivity contribution in [3.05, 3.63) is 84.8 Å². The van der Waals surface area contributed by atoms with Crippen molar-refractivity contribution in [2.24, 2.45) is 7.05 Å². The number of benzene rings is 3. The summed E-state index contributed by atoms with van der Waals surface area (Å²) in [4.78, 5) is 3.87. The van der Waals surface area contributed by atoms with E-state index in [1.807, 2.05) is 6.26 Å². The summed E-state index contributed by atoms with van der Waals surface area (Å²) >= 11 is 0.687. The zero-order chi connectivity index (χ0) is 23.3. The van der Waals surface area contributed by atoms with E-state index in [4.69, 9.17) is 4.74 Å². The maximum absolute atomic E-state index is 6.09. The van der Waals surface area contributed by atoms with Gasteiger partial charge in [-0.25, -0.2) is 0 Å². The molecule has 5 aromatic rings. The summed E-state index contributed by atoms with van der Waals surface area (Å²) in [5.41, 5.74) is 9.43. The number of aryl methyl sites for hydroxylation is 2. The molecular formula is C29H22BN2OSe2+. The Hall–Kier alpha value is -2.75. The third kappa shape index (κ3) is 2.83. The average molecular weight is 583 g/mol. The van der Waals surface area contributed by atoms with E-state index >= 15 is 0 Å². The standard InChI is InChI=1S/C29H21BN2OSe2/c1-16-9-10-17-18-14-25-20(15-21(18)31-28(17)26(16)22-6-3-4-12-32(22)2)30-19-11-13-33-29(19)35-24-8-5-7-23(34-25)27(24)30/h3-15,19,29H,1-2H3/p+1. The van der Waals surface area contributed by atoms with E-state index in [1.54, 1.807) is 14.4 Å². The van der Waals surface area contributed by atoms with Crippen molar-refractivity contribution in [1.82, 2.24) is 4.98 Å². The molecule has 5 heterocycles. The summed E-state index contributed by atoms with van der Waals surface area (Å²) in [5.74, 6) is 0.446. The third-order valence-electron chi connectivity index (χ3n) is 7.77. The van der Waals surface area contributed by atoms with Gasteiger partial charge >= 0.3 is 218 Å². The zero-order valence-electron chi connectivity index (χ0n) is 19.4. The van der Waals surface area contributed by atoms with Gasteiger partial charge in [0.2, 0.25) is 0 Å². The predicted octanol–water partition coefficient (Wildman–Crippen LogP) is 1.28. The normalized spacial score (nSPS) is 19.5. The Morgan fingerprint density at radius 3 is 2.80 bits per heavy atom. The molecule has 0 saturated carbocycles. The monoisotopic (exact) mass is 585 g/mol. The fourth-order valence-electron chi connectivity index (χ4n) is 6.15. The first kappa shape index (κ1) is 20.4. The van der Waals surface area contributed by atoms with Crippen LogP contribution >= 0.6 is 0 Å². The number of aromatic nitrogens is 2. The second-order valence-corrected chi connectivity index (χ2v) is 14.4. The third-order valence-corrected chi connectivity index (χ3v) is 12.8. The Balaban J connectivity index is 1.40. The quantitative estimate of drug-likeness (QED) is 0.234. The van der Waals surface area contributed by atoms with Gasteiger partial charge in [-0.15, -0.1) is 0 Å². The molecule has 2 atom stereocenters. The van der Waals surface area contributed by atoms with Crippen molar-refractivity contribution in [1.29, 1.82) is 0 Å². The van der Waals surface area contributed by atoms with E-state index in [1.165, 1.54) is 48.6 Å². The molecule has 0 saturated heterocycles. The zero-order valence-corrected chi connectivity index (χ0v) is 22.8. The van der Waals surface area contributed by atoms with Crippen molar-refractivity contribution in [2.75, 3.05) is 0 Å². The summed E-state index contributed by atoms with van der Waals surface area (Å²) in [6.45, 7) is 2.62. The second kappa shape index (κ2) is 7.38. The molecule has 168 valence electrons. The van der Waals surface area contributed by atoms with E-state index in [-0.39, 0.29) is 0 Å². The Labute approximate surface area is 217 Å². The summed E-state index contributed by atoms with van der Waals surface area (Å²) in [7, 11) is 2.13. The molecule has 0 fully saturated rings. The molecule has 3 aliphatic rings. The summed E-state index contributed by atoms with van der Waals surface area (Å²) in [6, 6.07) is 23.0. The number of hydrogen-bond donors (Lipinski definition) is 1. The number of ether oxygens (including phenoxy) is 1. The first-order chi connectivity index (χ1) is 17.2. The molecule has 8 rings (SSSR count). The van der Waals surface area contributed by atoms with Crippen molar-refractivity contribution in [2.45, 2.75) is 17.7 Å². The molecule has 2 aromatic heterocycles. The van der Waals surface area contributed by atoms with Crippen LogP contribution in [0.25, 0.3) is 33.1 Å². The van der Waals surface area contributed by atoms with Crippen LogP contribution in [0.3, 0.4) is 0 Å². The fourth-order valence-corrected chi connectivity index (χ4v) is 11.7. The van der Waals surface area contributed by atoms with Gasteiger partial charge < -0.3 is 0 Å². The molecule has 35 heavy (non-hydrogen) atoms. The fraction of sp³-hybridized carbons (Fsp3) is 0.138. The molecular weight excluding hydrogens is 561 g/mol. The summed E-state index contributed by atoms with van der Waals surface area (Å²) in [5, 5.41) is 2.98. The van der Waals surface area contributed by atoms with Crippen LogP contribution in [0.1, 0.15) is 5.56 Å². The van der Waals surface area contributed by atoms with E-state index in [9.17, 15) is 0 Å². The Morgan fingerprint density at radius 1 is 0.971 bits per heavy atom. The molecule has 0 aliphatic carbocycles. The Kier molecular flexibility index (Phi) is 4.31. The first-order valence-electron chi connectivity index (χ1n) is 12.0. The predicted molar refractivity (Wildman–Crippen MR) is 147 cm³/mol. The number of fused-ring (bicyclic) bond motifs is 7. The number of nitrogens with one attached hydrogen (secondary N) is 1. The molecule has 0 bridgehead atoms. The van der Waals surface area contributed by atoms with Crippen LogP contribution in [0, 0.1) is 6.92 Å². The molecule has 0 spiro atoms. The summed E-state index contributed by atoms with van der Waals surface area (Å²) < 4.78 is 13.0. The van der Waals surface area contributed by atoms with Gasteiger partial charge in [-0.1, -0.05) is 0 Å². The van der Waals surface area contributed by atoms with Gasteiger partial charge in [0.25, 0.3) is 0 Å². The van der Waals surface area contributed by atoms with Crippen LogP contribution < -0.4 is 28.9 Å². The van der Waals surface area contributed by atoms with E-state index in [0.717, 1.165) is 0 Å². The van der Waals surface area contributed by atoms with Gasteiger partial charge in [-0.2, -0.15) is 0 Å². The van der Waals surface area contributed by atoms with E-state index < -0.39 is 0 Å². The number of H-pyrrole nitrogens is 1. The van der Waals surface area contributed by atoms with Gasteiger partial charge in [0.15, 0.2) is 0 Å². The molecule has 0 amide bonds. The van der Waals surface area contributed by atoms with Gasteiger partial charge in [0.05, 0.1) is 0 Å². The molecule has 0 radical (unpaired) electrons. The van der Waals surface area contributed by atoms with Crippen LogP contribution in [-0.2, 0) is 11.8 Å². The topological polar surface area (TPSA) is 28.9 Å². The molecule has 3 aromatic carbocycles. The van der Waals surface area contributed by atoms with Gasteiger partial charge in [0, 0.05) is 0 Å². The first-order valence-corrected chi connectivity index (χ1v) is 15.6. The van der Waals surface area contributed by atoms with Gasteiger partial charge in [-0.3, -0.25) is 0 Å². The van der Waals surface area contributed by atoms with E-state index in [2.05, 4.69) is 96.5 Å². The minimum absolute atomic E-state index is 0.319. The van der Waals surface area contributed by atoms with Crippen LogP contribution in [0.2, 0.25) is 5.82 Å². The van der Waals surface area contributed by atoms with Crippen molar-refractivity contribution >= 4 is 82.7 Å². The maximum atomic E-state index is 6.09. The number of rotatable bonds is 1. The van der Waals surface area contributed by atoms with Crippen LogP contribution in [-0.4, -0.2) is 46.6 Å². The van der Waals surface area contributed by atoms with Gasteiger partial charge in [0.1, 0.15) is 0 Å². The number of nitrogens with zero attached hydrogens (tertiary/aromatic N) is 1.